The SMILES string of the molecule is C[n+]1ccccc1[Si].[I-]. The number of aryl methyl sites for hydroxylation is 1. The van der Waals surface area contributed by atoms with E-state index in [-0.39, 0.29) is 24.0 Å². The molecule has 1 nitrogen and oxygen atoms in total. The first-order valence-electron chi connectivity index (χ1n) is 2.47. The van der Waals surface area contributed by atoms with Crippen LogP contribution >= 0.6 is 0 Å². The van der Waals surface area contributed by atoms with E-state index in [1.165, 1.54) is 0 Å². The Hall–Kier alpha value is 0.0969. The van der Waals surface area contributed by atoms with Crippen molar-refractivity contribution in [2.45, 2.75) is 0 Å². The first kappa shape index (κ1) is 9.10. The van der Waals surface area contributed by atoms with E-state index >= 15 is 0 Å². The summed E-state index contributed by atoms with van der Waals surface area (Å²) >= 11 is 0. The number of halogens is 1. The van der Waals surface area contributed by atoms with Gasteiger partial charge < -0.3 is 24.0 Å². The molecule has 3 radical (unpaired) electrons. The van der Waals surface area contributed by atoms with Gasteiger partial charge in [-0.15, -0.1) is 0 Å². The minimum atomic E-state index is 0. The summed E-state index contributed by atoms with van der Waals surface area (Å²) in [4.78, 5) is 0. The van der Waals surface area contributed by atoms with Gasteiger partial charge in [0.2, 0.25) is 0 Å². The maximum absolute atomic E-state index is 3.41. The van der Waals surface area contributed by atoms with Crippen molar-refractivity contribution in [3.8, 4) is 0 Å². The third-order valence-corrected chi connectivity index (χ3v) is 1.57. The molecule has 1 heterocycles. The predicted molar refractivity (Wildman–Crippen MR) is 33.0 cm³/mol. The Bertz CT molecular complexity index is 169. The maximum Gasteiger partial charge on any atom is 0.171 e. The van der Waals surface area contributed by atoms with Gasteiger partial charge in [0.15, 0.2) is 16.4 Å². The maximum atomic E-state index is 3.41. The van der Waals surface area contributed by atoms with Gasteiger partial charge in [0.1, 0.15) is 12.4 Å². The highest BCUT2D eigenvalue weighted by atomic mass is 127. The molecule has 0 amide bonds. The van der Waals surface area contributed by atoms with Crippen LogP contribution in [0.3, 0.4) is 0 Å². The fourth-order valence-electron chi connectivity index (χ4n) is 0.523. The zero-order valence-electron chi connectivity index (χ0n) is 5.13. The molecule has 0 aliphatic heterocycles. The summed E-state index contributed by atoms with van der Waals surface area (Å²) in [6.45, 7) is 0. The van der Waals surface area contributed by atoms with E-state index < -0.39 is 0 Å². The van der Waals surface area contributed by atoms with Crippen LogP contribution in [0.15, 0.2) is 24.4 Å². The molecule has 47 valence electrons. The normalized spacial score (nSPS) is 8.22. The second-order valence-electron chi connectivity index (χ2n) is 1.70. The molecule has 1 rings (SSSR count). The highest BCUT2D eigenvalue weighted by Gasteiger charge is 1.91. The Morgan fingerprint density at radius 1 is 1.44 bits per heavy atom. The molecule has 0 aromatic carbocycles. The fraction of sp³-hybridized carbons (Fsp3) is 0.167. The van der Waals surface area contributed by atoms with Gasteiger partial charge in [-0.2, -0.15) is 0 Å². The van der Waals surface area contributed by atoms with Crippen molar-refractivity contribution < 1.29 is 28.5 Å². The van der Waals surface area contributed by atoms with Crippen LogP contribution in [0.5, 0.6) is 0 Å². The molecule has 0 spiro atoms. The number of hydrogen-bond acceptors (Lipinski definition) is 0. The van der Waals surface area contributed by atoms with Gasteiger partial charge in [-0.3, -0.25) is 0 Å². The summed E-state index contributed by atoms with van der Waals surface area (Å²) in [6.07, 6.45) is 1.99. The first-order chi connectivity index (χ1) is 3.80. The van der Waals surface area contributed by atoms with Crippen LogP contribution in [0, 0.1) is 0 Å². The van der Waals surface area contributed by atoms with Gasteiger partial charge in [0, 0.05) is 6.07 Å². The van der Waals surface area contributed by atoms with Gasteiger partial charge in [-0.25, -0.2) is 4.57 Å². The molecule has 0 saturated heterocycles. The van der Waals surface area contributed by atoms with Crippen molar-refractivity contribution in [2.24, 2.45) is 7.05 Å². The lowest BCUT2D eigenvalue weighted by atomic mass is 10.5. The van der Waals surface area contributed by atoms with Crippen LogP contribution in [0.2, 0.25) is 0 Å². The van der Waals surface area contributed by atoms with Crippen LogP contribution in [-0.2, 0) is 7.05 Å². The van der Waals surface area contributed by atoms with E-state index in [9.17, 15) is 0 Å². The van der Waals surface area contributed by atoms with Crippen molar-refractivity contribution in [3.05, 3.63) is 24.4 Å². The van der Waals surface area contributed by atoms with Gasteiger partial charge in [0.25, 0.3) is 0 Å². The minimum Gasteiger partial charge on any atom is -1.00 e. The summed E-state index contributed by atoms with van der Waals surface area (Å²) in [5, 5.41) is 1.09. The monoisotopic (exact) mass is 248 g/mol. The van der Waals surface area contributed by atoms with Crippen LogP contribution < -0.4 is 33.9 Å². The van der Waals surface area contributed by atoms with Crippen molar-refractivity contribution in [2.75, 3.05) is 0 Å². The highest BCUT2D eigenvalue weighted by Crippen LogP contribution is 1.68. The molecule has 0 fully saturated rings. The van der Waals surface area contributed by atoms with Gasteiger partial charge in [0.05, 0.1) is 0 Å². The number of rotatable bonds is 0. The molecular weight excluding hydrogens is 241 g/mol. The van der Waals surface area contributed by atoms with Gasteiger partial charge >= 0.3 is 0 Å². The number of pyridine rings is 1. The third-order valence-electron chi connectivity index (χ3n) is 1.05. The second kappa shape index (κ2) is 4.00. The van der Waals surface area contributed by atoms with E-state index in [1.54, 1.807) is 0 Å². The molecule has 1 aromatic rings. The average molecular weight is 248 g/mol. The van der Waals surface area contributed by atoms with Crippen LogP contribution in [-0.4, -0.2) is 10.2 Å². The van der Waals surface area contributed by atoms with E-state index in [0.717, 1.165) is 5.32 Å². The molecule has 3 heteroatoms. The molecule has 0 aliphatic carbocycles. The van der Waals surface area contributed by atoms with Crippen molar-refractivity contribution in [3.63, 3.8) is 0 Å². The van der Waals surface area contributed by atoms with Crippen LogP contribution in [0.1, 0.15) is 0 Å². The van der Waals surface area contributed by atoms with E-state index in [4.69, 9.17) is 0 Å². The average Bonchev–Trinajstić information content (AvgIpc) is 1.77. The summed E-state index contributed by atoms with van der Waals surface area (Å²) in [5.41, 5.74) is 0. The second-order valence-corrected chi connectivity index (χ2v) is 2.21. The van der Waals surface area contributed by atoms with E-state index in [1.807, 2.05) is 36.0 Å². The summed E-state index contributed by atoms with van der Waals surface area (Å²) in [5.74, 6) is 0. The molecule has 0 aliphatic rings. The Morgan fingerprint density at radius 2 is 2.11 bits per heavy atom. The minimum absolute atomic E-state index is 0. The van der Waals surface area contributed by atoms with Crippen molar-refractivity contribution in [1.82, 2.24) is 0 Å². The Kier molecular flexibility index (Phi) is 4.04. The molecule has 1 aromatic heterocycles. The Morgan fingerprint density at radius 3 is 2.44 bits per heavy atom. The lowest BCUT2D eigenvalue weighted by Crippen LogP contribution is -3.00. The molecule has 0 atom stereocenters. The van der Waals surface area contributed by atoms with Crippen LogP contribution in [0.4, 0.5) is 0 Å². The number of nitrogens with zero attached hydrogens (tertiary/aromatic N) is 1. The zero-order valence-corrected chi connectivity index (χ0v) is 8.29. The van der Waals surface area contributed by atoms with E-state index in [2.05, 4.69) is 10.2 Å². The molecule has 0 unspecified atom stereocenters. The Balaban J connectivity index is 0.000000640. The third kappa shape index (κ3) is 2.44. The number of aromatic nitrogens is 1. The summed E-state index contributed by atoms with van der Waals surface area (Å²) < 4.78 is 2.00. The molecule has 0 bridgehead atoms. The van der Waals surface area contributed by atoms with Gasteiger partial charge in [-0.05, 0) is 6.07 Å². The summed E-state index contributed by atoms with van der Waals surface area (Å²) in [7, 11) is 5.39. The highest BCUT2D eigenvalue weighted by molar-refractivity contribution is 6.29. The predicted octanol–water partition coefficient (Wildman–Crippen LogP) is -3.69. The molecule has 0 saturated carbocycles. The van der Waals surface area contributed by atoms with Crippen LogP contribution in [0.25, 0.3) is 0 Å². The summed E-state index contributed by atoms with van der Waals surface area (Å²) in [6, 6.07) is 5.98. The lowest BCUT2D eigenvalue weighted by molar-refractivity contribution is -0.653. The topological polar surface area (TPSA) is 3.88 Å². The smallest absolute Gasteiger partial charge is 0.171 e. The molecule has 0 N–H and O–H groups in total. The van der Waals surface area contributed by atoms with Crippen molar-refractivity contribution in [1.29, 1.82) is 0 Å². The van der Waals surface area contributed by atoms with Gasteiger partial charge in [-0.1, -0.05) is 6.07 Å². The largest absolute Gasteiger partial charge is 1.00 e. The Labute approximate surface area is 75.5 Å². The first-order valence-corrected chi connectivity index (χ1v) is 2.97. The molecular formula is C6H7INSi. The molecule has 9 heavy (non-hydrogen) atoms. The quantitative estimate of drug-likeness (QED) is 0.253. The number of hydrogen-bond donors (Lipinski definition) is 0. The standard InChI is InChI=1S/C6H7NSi.HI/c1-7-5-3-2-4-6(7)8;/h2-5H,1H3;1H/q+1;/p-1. The zero-order chi connectivity index (χ0) is 5.98. The lowest BCUT2D eigenvalue weighted by Gasteiger charge is -1.87. The van der Waals surface area contributed by atoms with E-state index in [0.29, 0.717) is 0 Å². The van der Waals surface area contributed by atoms with Crippen molar-refractivity contribution >= 4 is 15.6 Å². The fourth-order valence-corrected chi connectivity index (χ4v) is 0.694.